The number of carbonyl (C=O) groups excluding carboxylic acids is 1. The van der Waals surface area contributed by atoms with Crippen LogP contribution in [-0.2, 0) is 9.53 Å². The molecule has 0 aromatic rings. The van der Waals surface area contributed by atoms with Crippen LogP contribution in [-0.4, -0.2) is 25.4 Å². The topological polar surface area (TPSA) is 72.4 Å². The van der Waals surface area contributed by atoms with Crippen LogP contribution in [0.3, 0.4) is 0 Å². The maximum atomic E-state index is 10.6. The van der Waals surface area contributed by atoms with Crippen LogP contribution in [0.5, 0.6) is 0 Å². The molecule has 0 bridgehead atoms. The van der Waals surface area contributed by atoms with Gasteiger partial charge in [0, 0.05) is 7.11 Å². The number of ketones is 1. The minimum absolute atomic E-state index is 0.212. The van der Waals surface area contributed by atoms with Gasteiger partial charge in [0.2, 0.25) is 5.78 Å². The average molecular weight is 137 g/mol. The van der Waals surface area contributed by atoms with Gasteiger partial charge < -0.3 is 10.1 Å². The zero-order valence-electron chi connectivity index (χ0n) is 5.42. The van der Waals surface area contributed by atoms with E-state index in [4.69, 9.17) is 10.7 Å². The summed E-state index contributed by atoms with van der Waals surface area (Å²) in [6.45, 7) is -0.212. The van der Waals surface area contributed by atoms with Crippen LogP contribution in [0.25, 0.3) is 5.41 Å². The van der Waals surface area contributed by atoms with Crippen LogP contribution in [0.15, 0.2) is 5.57 Å². The second-order valence-electron chi connectivity index (χ2n) is 1.45. The van der Waals surface area contributed by atoms with Crippen molar-refractivity contribution < 1.29 is 9.53 Å². The molecular formula is C6H5N2O2-. The van der Waals surface area contributed by atoms with E-state index in [1.165, 1.54) is 19.0 Å². The molecule has 0 spiro atoms. The summed E-state index contributed by atoms with van der Waals surface area (Å²) < 4.78 is 4.42. The number of methoxy groups -OCH3 is 1. The molecule has 52 valence electrons. The first-order chi connectivity index (χ1) is 4.76. The van der Waals surface area contributed by atoms with Gasteiger partial charge in [-0.2, -0.15) is 5.26 Å². The zero-order valence-corrected chi connectivity index (χ0v) is 5.42. The number of hydrogen-bond donors (Lipinski definition) is 0. The summed E-state index contributed by atoms with van der Waals surface area (Å²) in [6, 6.07) is 1.46. The second kappa shape index (κ2) is 4.45. The highest BCUT2D eigenvalue weighted by atomic mass is 16.5. The summed E-state index contributed by atoms with van der Waals surface area (Å²) in [5, 5.41) is 16.3. The highest BCUT2D eigenvalue weighted by Gasteiger charge is 2.04. The van der Waals surface area contributed by atoms with Crippen LogP contribution in [0.1, 0.15) is 0 Å². The molecule has 0 aliphatic rings. The molecule has 0 aromatic heterocycles. The lowest BCUT2D eigenvalue weighted by Gasteiger charge is -1.93. The molecule has 0 aromatic carbocycles. The summed E-state index contributed by atoms with van der Waals surface area (Å²) in [5.41, 5.74) is -0.415. The van der Waals surface area contributed by atoms with Gasteiger partial charge in [-0.25, -0.2) is 5.87 Å². The standard InChI is InChI=1S/C6H5N2O2/c1-10-4-6(9)5(2-7)3-8/h4H2,1H3/q-1. The third kappa shape index (κ3) is 2.23. The first kappa shape index (κ1) is 8.57. The van der Waals surface area contributed by atoms with Crippen molar-refractivity contribution in [2.24, 2.45) is 0 Å². The summed E-state index contributed by atoms with van der Waals surface area (Å²) >= 11 is 0. The van der Waals surface area contributed by atoms with E-state index in [9.17, 15) is 4.79 Å². The molecule has 10 heavy (non-hydrogen) atoms. The Bertz CT molecular complexity index is 220. The maximum absolute atomic E-state index is 10.6. The Kier molecular flexibility index (Phi) is 3.81. The Morgan fingerprint density at radius 1 is 1.80 bits per heavy atom. The molecule has 0 aliphatic carbocycles. The molecule has 0 rings (SSSR count). The lowest BCUT2D eigenvalue weighted by molar-refractivity contribution is -0.118. The van der Waals surface area contributed by atoms with Crippen molar-refractivity contribution in [3.63, 3.8) is 0 Å². The van der Waals surface area contributed by atoms with Crippen LogP contribution in [0.2, 0.25) is 0 Å². The average Bonchev–Trinajstić information content (AvgIpc) is 1.91. The van der Waals surface area contributed by atoms with Gasteiger partial charge in [-0.3, -0.25) is 4.79 Å². The monoisotopic (exact) mass is 137 g/mol. The van der Waals surface area contributed by atoms with Crippen LogP contribution in [0.4, 0.5) is 0 Å². The van der Waals surface area contributed by atoms with E-state index in [1.807, 2.05) is 0 Å². The van der Waals surface area contributed by atoms with Crippen molar-refractivity contribution in [3.05, 3.63) is 11.0 Å². The van der Waals surface area contributed by atoms with Gasteiger partial charge in [0.15, 0.2) is 0 Å². The van der Waals surface area contributed by atoms with Crippen LogP contribution in [0, 0.1) is 11.3 Å². The molecule has 0 saturated heterocycles. The largest absolute Gasteiger partial charge is 0.762 e. The van der Waals surface area contributed by atoms with Gasteiger partial charge in [0.25, 0.3) is 0 Å². The smallest absolute Gasteiger partial charge is 0.204 e. The number of nitriles is 1. The molecule has 0 unspecified atom stereocenters. The van der Waals surface area contributed by atoms with Crippen LogP contribution < -0.4 is 0 Å². The lowest BCUT2D eigenvalue weighted by Crippen LogP contribution is -2.08. The highest BCUT2D eigenvalue weighted by molar-refractivity contribution is 6.07. The Morgan fingerprint density at radius 3 is 2.70 bits per heavy atom. The Morgan fingerprint density at radius 2 is 2.40 bits per heavy atom. The lowest BCUT2D eigenvalue weighted by atomic mass is 10.2. The van der Waals surface area contributed by atoms with Gasteiger partial charge >= 0.3 is 0 Å². The number of ether oxygens (including phenoxy) is 1. The fourth-order valence-electron chi connectivity index (χ4n) is 0.353. The summed E-state index contributed by atoms with van der Waals surface area (Å²) in [4.78, 5) is 10.6. The Labute approximate surface area is 58.2 Å². The van der Waals surface area contributed by atoms with Crippen molar-refractivity contribution in [1.82, 2.24) is 0 Å². The van der Waals surface area contributed by atoms with Crippen molar-refractivity contribution in [2.45, 2.75) is 0 Å². The van der Waals surface area contributed by atoms with Crippen molar-refractivity contribution in [3.8, 4) is 6.07 Å². The van der Waals surface area contributed by atoms with Gasteiger partial charge in [-0.05, 0) is 0 Å². The van der Waals surface area contributed by atoms with E-state index in [-0.39, 0.29) is 6.61 Å². The van der Waals surface area contributed by atoms with Crippen molar-refractivity contribution in [2.75, 3.05) is 13.7 Å². The number of nitrogens with zero attached hydrogens (tertiary/aromatic N) is 2. The molecular weight excluding hydrogens is 132 g/mol. The molecule has 4 nitrogen and oxygen atoms in total. The quantitative estimate of drug-likeness (QED) is 0.309. The highest BCUT2D eigenvalue weighted by Crippen LogP contribution is 1.87. The first-order valence-electron chi connectivity index (χ1n) is 2.45. The minimum atomic E-state index is -0.576. The number of Topliss-reactive ketones (excluding diaryl/α,β-unsaturated/α-hetero) is 1. The Hall–Kier alpha value is -1.43. The molecule has 0 N–H and O–H groups in total. The molecule has 0 atom stereocenters. The number of rotatable bonds is 3. The predicted molar refractivity (Wildman–Crippen MR) is 34.4 cm³/mol. The van der Waals surface area contributed by atoms with Crippen molar-refractivity contribution >= 4 is 11.7 Å². The summed E-state index contributed by atoms with van der Waals surface area (Å²) in [6.07, 6.45) is 0. The van der Waals surface area contributed by atoms with Gasteiger partial charge in [-0.15, -0.1) is 0 Å². The van der Waals surface area contributed by atoms with E-state index < -0.39 is 11.4 Å². The van der Waals surface area contributed by atoms with E-state index in [0.29, 0.717) is 0 Å². The Balaban J connectivity index is 4.23. The number of carbonyl (C=O) groups is 1. The number of hydrogen-bond acceptors (Lipinski definition) is 3. The van der Waals surface area contributed by atoms with E-state index in [2.05, 4.69) is 4.74 Å². The molecule has 0 saturated carbocycles. The molecule has 0 fully saturated rings. The zero-order chi connectivity index (χ0) is 7.98. The molecule has 0 amide bonds. The maximum Gasteiger partial charge on any atom is 0.204 e. The fraction of sp³-hybridized carbons (Fsp3) is 0.333. The van der Waals surface area contributed by atoms with E-state index >= 15 is 0 Å². The molecule has 0 aliphatic heterocycles. The molecule has 0 heterocycles. The van der Waals surface area contributed by atoms with E-state index in [0.717, 1.165) is 0 Å². The van der Waals surface area contributed by atoms with Gasteiger partial charge in [0.1, 0.15) is 18.2 Å². The predicted octanol–water partition coefficient (Wildman–Crippen LogP) is -0.109. The third-order valence-corrected chi connectivity index (χ3v) is 0.778. The summed E-state index contributed by atoms with van der Waals surface area (Å²) in [7, 11) is 1.32. The normalized spacial score (nSPS) is 7.60. The van der Waals surface area contributed by atoms with Crippen LogP contribution >= 0.6 is 0 Å². The minimum Gasteiger partial charge on any atom is -0.762 e. The SMILES string of the molecule is COCC(=O)C(=C=[N-])C#N. The van der Waals surface area contributed by atoms with Gasteiger partial charge in [-0.1, -0.05) is 0 Å². The fourth-order valence-corrected chi connectivity index (χ4v) is 0.353. The van der Waals surface area contributed by atoms with Gasteiger partial charge in [0.05, 0.1) is 0 Å². The van der Waals surface area contributed by atoms with E-state index in [1.54, 1.807) is 0 Å². The molecule has 4 heteroatoms. The second-order valence-corrected chi connectivity index (χ2v) is 1.45. The molecule has 0 radical (unpaired) electrons. The summed E-state index contributed by atoms with van der Waals surface area (Å²) in [5.74, 6) is 0.886. The van der Waals surface area contributed by atoms with Crippen molar-refractivity contribution in [1.29, 1.82) is 5.26 Å². The third-order valence-electron chi connectivity index (χ3n) is 0.778. The first-order valence-corrected chi connectivity index (χ1v) is 2.45.